The summed E-state index contributed by atoms with van der Waals surface area (Å²) in [7, 11) is 1.69. The Kier molecular flexibility index (Phi) is 7.55. The molecule has 0 heterocycles. The van der Waals surface area contributed by atoms with Crippen LogP contribution in [0.1, 0.15) is 32.8 Å². The monoisotopic (exact) mass is 277 g/mol. The molecule has 2 N–H and O–H groups in total. The Morgan fingerprint density at radius 2 is 2.15 bits per heavy atom. The first kappa shape index (κ1) is 16.3. The molecule has 0 aliphatic rings. The second-order valence-electron chi connectivity index (χ2n) is 4.82. The van der Waals surface area contributed by atoms with E-state index in [4.69, 9.17) is 4.74 Å². The first-order valence-corrected chi connectivity index (χ1v) is 7.37. The van der Waals surface area contributed by atoms with Gasteiger partial charge in [0.2, 0.25) is 0 Å². The van der Waals surface area contributed by atoms with Crippen LogP contribution >= 0.6 is 0 Å². The minimum atomic E-state index is 0.435. The molecule has 112 valence electrons. The Labute approximate surface area is 122 Å². The third-order valence-corrected chi connectivity index (χ3v) is 3.14. The third kappa shape index (κ3) is 5.95. The lowest BCUT2D eigenvalue weighted by atomic mass is 10.1. The van der Waals surface area contributed by atoms with E-state index in [1.165, 1.54) is 5.56 Å². The summed E-state index contributed by atoms with van der Waals surface area (Å²) in [5.74, 6) is 1.79. The van der Waals surface area contributed by atoms with Crippen LogP contribution in [-0.2, 0) is 6.42 Å². The predicted octanol–water partition coefficient (Wildman–Crippen LogP) is 2.59. The van der Waals surface area contributed by atoms with Crippen molar-refractivity contribution in [1.82, 2.24) is 10.6 Å². The number of hydrogen-bond donors (Lipinski definition) is 2. The van der Waals surface area contributed by atoms with E-state index in [2.05, 4.69) is 48.5 Å². The molecule has 1 rings (SSSR count). The second kappa shape index (κ2) is 9.23. The Morgan fingerprint density at radius 3 is 2.80 bits per heavy atom. The first-order chi connectivity index (χ1) is 9.69. The lowest BCUT2D eigenvalue weighted by Crippen LogP contribution is -2.42. The predicted molar refractivity (Wildman–Crippen MR) is 85.6 cm³/mol. The molecule has 0 amide bonds. The minimum absolute atomic E-state index is 0.435. The summed E-state index contributed by atoms with van der Waals surface area (Å²) in [6.45, 7) is 8.04. The molecule has 0 aliphatic carbocycles. The third-order valence-electron chi connectivity index (χ3n) is 3.14. The van der Waals surface area contributed by atoms with Crippen LogP contribution in [-0.4, -0.2) is 32.2 Å². The summed E-state index contributed by atoms with van der Waals surface area (Å²) in [6.07, 6.45) is 1.99. The van der Waals surface area contributed by atoms with E-state index >= 15 is 0 Å². The second-order valence-corrected chi connectivity index (χ2v) is 4.82. The molecule has 0 saturated heterocycles. The van der Waals surface area contributed by atoms with E-state index in [-0.39, 0.29) is 0 Å². The van der Waals surface area contributed by atoms with Gasteiger partial charge in [-0.3, -0.25) is 4.99 Å². The zero-order valence-corrected chi connectivity index (χ0v) is 13.1. The SMILES string of the molecule is CCNC(=NCCc1cccc(OC)c1)NC(C)CC. The van der Waals surface area contributed by atoms with Gasteiger partial charge in [0.25, 0.3) is 0 Å². The summed E-state index contributed by atoms with van der Waals surface area (Å²) in [6, 6.07) is 8.57. The van der Waals surface area contributed by atoms with Crippen molar-refractivity contribution in [1.29, 1.82) is 0 Å². The number of rotatable bonds is 7. The highest BCUT2D eigenvalue weighted by molar-refractivity contribution is 5.80. The maximum Gasteiger partial charge on any atom is 0.191 e. The van der Waals surface area contributed by atoms with E-state index in [9.17, 15) is 0 Å². The summed E-state index contributed by atoms with van der Waals surface area (Å²) in [5.41, 5.74) is 1.24. The molecule has 0 fully saturated rings. The molecule has 4 nitrogen and oxygen atoms in total. The molecule has 0 saturated carbocycles. The van der Waals surface area contributed by atoms with Gasteiger partial charge >= 0.3 is 0 Å². The van der Waals surface area contributed by atoms with E-state index in [0.29, 0.717) is 6.04 Å². The molecule has 0 aliphatic heterocycles. The van der Waals surface area contributed by atoms with Crippen LogP contribution in [0.15, 0.2) is 29.3 Å². The highest BCUT2D eigenvalue weighted by Crippen LogP contribution is 2.12. The highest BCUT2D eigenvalue weighted by atomic mass is 16.5. The lowest BCUT2D eigenvalue weighted by Gasteiger charge is -2.16. The Bertz CT molecular complexity index is 418. The molecule has 0 spiro atoms. The van der Waals surface area contributed by atoms with Crippen molar-refractivity contribution in [3.8, 4) is 5.75 Å². The molecular formula is C16H27N3O. The number of methoxy groups -OCH3 is 1. The molecule has 0 bridgehead atoms. The smallest absolute Gasteiger partial charge is 0.191 e. The van der Waals surface area contributed by atoms with Gasteiger partial charge in [-0.15, -0.1) is 0 Å². The number of ether oxygens (including phenoxy) is 1. The van der Waals surface area contributed by atoms with Crippen molar-refractivity contribution in [3.63, 3.8) is 0 Å². The molecule has 0 radical (unpaired) electrons. The van der Waals surface area contributed by atoms with Gasteiger partial charge < -0.3 is 15.4 Å². The fraction of sp³-hybridized carbons (Fsp3) is 0.562. The van der Waals surface area contributed by atoms with Crippen LogP contribution in [0.5, 0.6) is 5.75 Å². The molecule has 1 aromatic carbocycles. The Balaban J connectivity index is 2.54. The molecule has 1 unspecified atom stereocenters. The first-order valence-electron chi connectivity index (χ1n) is 7.37. The molecule has 1 aromatic rings. The average Bonchev–Trinajstić information content (AvgIpc) is 2.47. The van der Waals surface area contributed by atoms with Crippen molar-refractivity contribution in [3.05, 3.63) is 29.8 Å². The highest BCUT2D eigenvalue weighted by Gasteiger charge is 2.02. The van der Waals surface area contributed by atoms with Crippen LogP contribution in [0.3, 0.4) is 0 Å². The number of hydrogen-bond acceptors (Lipinski definition) is 2. The maximum atomic E-state index is 5.23. The van der Waals surface area contributed by atoms with Gasteiger partial charge in [0.15, 0.2) is 5.96 Å². The van der Waals surface area contributed by atoms with Gasteiger partial charge in [-0.1, -0.05) is 19.1 Å². The maximum absolute atomic E-state index is 5.23. The van der Waals surface area contributed by atoms with Crippen LogP contribution in [0.25, 0.3) is 0 Å². The minimum Gasteiger partial charge on any atom is -0.497 e. The van der Waals surface area contributed by atoms with Gasteiger partial charge in [0.05, 0.1) is 7.11 Å². The van der Waals surface area contributed by atoms with Crippen LogP contribution in [0.2, 0.25) is 0 Å². The largest absolute Gasteiger partial charge is 0.497 e. The molecule has 4 heteroatoms. The van der Waals surface area contributed by atoms with E-state index in [1.807, 2.05) is 12.1 Å². The lowest BCUT2D eigenvalue weighted by molar-refractivity contribution is 0.414. The van der Waals surface area contributed by atoms with Crippen molar-refractivity contribution in [2.24, 2.45) is 4.99 Å². The number of nitrogens with one attached hydrogen (secondary N) is 2. The summed E-state index contributed by atoms with van der Waals surface area (Å²) >= 11 is 0. The molecular weight excluding hydrogens is 250 g/mol. The average molecular weight is 277 g/mol. The van der Waals surface area contributed by atoms with Crippen LogP contribution in [0, 0.1) is 0 Å². The zero-order chi connectivity index (χ0) is 14.8. The Hall–Kier alpha value is -1.71. The standard InChI is InChI=1S/C16H27N3O/c1-5-13(3)19-16(17-6-2)18-11-10-14-8-7-9-15(12-14)20-4/h7-9,12-13H,5-6,10-11H2,1-4H3,(H2,17,18,19). The van der Waals surface area contributed by atoms with Crippen molar-refractivity contribution in [2.75, 3.05) is 20.2 Å². The number of nitrogens with zero attached hydrogens (tertiary/aromatic N) is 1. The zero-order valence-electron chi connectivity index (χ0n) is 13.1. The van der Waals surface area contributed by atoms with Crippen LogP contribution in [0.4, 0.5) is 0 Å². The van der Waals surface area contributed by atoms with Crippen molar-refractivity contribution in [2.45, 2.75) is 39.7 Å². The van der Waals surface area contributed by atoms with Gasteiger partial charge in [-0.25, -0.2) is 0 Å². The van der Waals surface area contributed by atoms with Crippen molar-refractivity contribution >= 4 is 5.96 Å². The van der Waals surface area contributed by atoms with Crippen LogP contribution < -0.4 is 15.4 Å². The summed E-state index contributed by atoms with van der Waals surface area (Å²) in [5, 5.41) is 6.66. The summed E-state index contributed by atoms with van der Waals surface area (Å²) in [4.78, 5) is 4.61. The van der Waals surface area contributed by atoms with E-state index < -0.39 is 0 Å². The van der Waals surface area contributed by atoms with Crippen molar-refractivity contribution < 1.29 is 4.74 Å². The molecule has 1 atom stereocenters. The van der Waals surface area contributed by atoms with Gasteiger partial charge in [-0.05, 0) is 44.4 Å². The normalized spacial score (nSPS) is 12.9. The fourth-order valence-electron chi connectivity index (χ4n) is 1.78. The Morgan fingerprint density at radius 1 is 1.35 bits per heavy atom. The van der Waals surface area contributed by atoms with Gasteiger partial charge in [-0.2, -0.15) is 0 Å². The number of aliphatic imine (C=N–C) groups is 1. The van der Waals surface area contributed by atoms with Gasteiger partial charge in [0, 0.05) is 19.1 Å². The fourth-order valence-corrected chi connectivity index (χ4v) is 1.78. The van der Waals surface area contributed by atoms with Gasteiger partial charge in [0.1, 0.15) is 5.75 Å². The summed E-state index contributed by atoms with van der Waals surface area (Å²) < 4.78 is 5.23. The van der Waals surface area contributed by atoms with E-state index in [0.717, 1.165) is 37.6 Å². The number of benzene rings is 1. The number of guanidine groups is 1. The van der Waals surface area contributed by atoms with E-state index in [1.54, 1.807) is 7.11 Å². The topological polar surface area (TPSA) is 45.7 Å². The molecule has 0 aromatic heterocycles. The molecule has 20 heavy (non-hydrogen) atoms. The quantitative estimate of drug-likeness (QED) is 0.595.